The van der Waals surface area contributed by atoms with E-state index in [0.29, 0.717) is 5.25 Å². The Morgan fingerprint density at radius 2 is 1.75 bits per heavy atom. The quantitative estimate of drug-likeness (QED) is 0.878. The van der Waals surface area contributed by atoms with Crippen molar-refractivity contribution in [3.05, 3.63) is 29.3 Å². The molecule has 1 nitrogen and oxygen atoms in total. The second-order valence-electron chi connectivity index (χ2n) is 4.07. The Balaban J connectivity index is 2.19. The van der Waals surface area contributed by atoms with Crippen LogP contribution in [0.5, 0.6) is 0 Å². The van der Waals surface area contributed by atoms with E-state index < -0.39 is 11.6 Å². The Kier molecular flexibility index (Phi) is 3.82. The van der Waals surface area contributed by atoms with E-state index in [1.54, 1.807) is 0 Å². The molecule has 1 aliphatic rings. The summed E-state index contributed by atoms with van der Waals surface area (Å²) in [5.74, 6) is -1.11. The number of halogens is 2. The number of thioether (sulfide) groups is 1. The van der Waals surface area contributed by atoms with E-state index in [2.05, 4.69) is 0 Å². The lowest BCUT2D eigenvalue weighted by Crippen LogP contribution is -1.99. The van der Waals surface area contributed by atoms with Crippen LogP contribution in [-0.4, -0.2) is 10.4 Å². The maximum atomic E-state index is 13.6. The van der Waals surface area contributed by atoms with Gasteiger partial charge >= 0.3 is 0 Å². The molecule has 16 heavy (non-hydrogen) atoms. The highest BCUT2D eigenvalue weighted by Crippen LogP contribution is 2.37. The van der Waals surface area contributed by atoms with Gasteiger partial charge in [-0.25, -0.2) is 8.78 Å². The average Bonchev–Trinajstić information content (AvgIpc) is 2.75. The lowest BCUT2D eigenvalue weighted by atomic mass is 10.2. The maximum absolute atomic E-state index is 13.6. The third kappa shape index (κ3) is 2.55. The van der Waals surface area contributed by atoms with Crippen LogP contribution in [-0.2, 0) is 6.61 Å². The van der Waals surface area contributed by atoms with Crippen molar-refractivity contribution in [2.24, 2.45) is 0 Å². The van der Waals surface area contributed by atoms with E-state index in [4.69, 9.17) is 5.11 Å². The second-order valence-corrected chi connectivity index (χ2v) is 5.38. The summed E-state index contributed by atoms with van der Waals surface area (Å²) in [5, 5.41) is 9.16. The molecule has 1 aromatic carbocycles. The predicted octanol–water partition coefficient (Wildman–Crippen LogP) is 3.49. The lowest BCUT2D eigenvalue weighted by Gasteiger charge is -2.11. The third-order valence-electron chi connectivity index (χ3n) is 2.83. The molecule has 0 aliphatic heterocycles. The molecule has 0 unspecified atom stereocenters. The highest BCUT2D eigenvalue weighted by molar-refractivity contribution is 8.00. The van der Waals surface area contributed by atoms with Crippen LogP contribution in [0.2, 0.25) is 0 Å². The van der Waals surface area contributed by atoms with Gasteiger partial charge in [0.2, 0.25) is 0 Å². The number of aliphatic hydroxyl groups is 1. The summed E-state index contributed by atoms with van der Waals surface area (Å²) in [6, 6.07) is 2.42. The molecule has 0 spiro atoms. The minimum Gasteiger partial charge on any atom is -0.392 e. The van der Waals surface area contributed by atoms with E-state index in [9.17, 15) is 8.78 Å². The van der Waals surface area contributed by atoms with Gasteiger partial charge in [-0.15, -0.1) is 11.8 Å². The van der Waals surface area contributed by atoms with E-state index in [-0.39, 0.29) is 17.1 Å². The minimum atomic E-state index is -0.555. The molecule has 0 bridgehead atoms. The summed E-state index contributed by atoms with van der Waals surface area (Å²) < 4.78 is 27.2. The van der Waals surface area contributed by atoms with Crippen molar-refractivity contribution in [3.8, 4) is 0 Å². The van der Waals surface area contributed by atoms with Gasteiger partial charge in [-0.2, -0.15) is 0 Å². The van der Waals surface area contributed by atoms with Crippen molar-refractivity contribution >= 4 is 11.8 Å². The van der Waals surface area contributed by atoms with Crippen LogP contribution in [0.15, 0.2) is 17.0 Å². The molecule has 1 fully saturated rings. The molecule has 1 N–H and O–H groups in total. The number of hydrogen-bond donors (Lipinski definition) is 1. The first-order chi connectivity index (χ1) is 7.70. The van der Waals surface area contributed by atoms with Crippen LogP contribution in [0.25, 0.3) is 0 Å². The number of aliphatic hydroxyl groups excluding tert-OH is 1. The molecule has 1 saturated carbocycles. The Labute approximate surface area is 97.9 Å². The molecule has 1 aromatic rings. The van der Waals surface area contributed by atoms with Gasteiger partial charge in [0.25, 0.3) is 0 Å². The molecule has 0 aromatic heterocycles. The lowest BCUT2D eigenvalue weighted by molar-refractivity contribution is 0.280. The highest BCUT2D eigenvalue weighted by Gasteiger charge is 2.20. The first kappa shape index (κ1) is 11.9. The van der Waals surface area contributed by atoms with Crippen molar-refractivity contribution < 1.29 is 13.9 Å². The van der Waals surface area contributed by atoms with Crippen LogP contribution in [0.3, 0.4) is 0 Å². The topological polar surface area (TPSA) is 20.2 Å². The first-order valence-electron chi connectivity index (χ1n) is 5.46. The average molecular weight is 244 g/mol. The van der Waals surface area contributed by atoms with Crippen molar-refractivity contribution in [1.29, 1.82) is 0 Å². The number of hydrogen-bond acceptors (Lipinski definition) is 2. The molecule has 0 heterocycles. The summed E-state index contributed by atoms with van der Waals surface area (Å²) in [4.78, 5) is 0.101. The standard InChI is InChI=1S/C12H14F2OS/c13-10-5-8(7-15)6-11(14)12(10)16-9-3-1-2-4-9/h5-6,9,15H,1-4,7H2. The van der Waals surface area contributed by atoms with Crippen LogP contribution in [0.4, 0.5) is 8.78 Å². The summed E-state index contributed by atoms with van der Waals surface area (Å²) in [7, 11) is 0. The van der Waals surface area contributed by atoms with Gasteiger partial charge in [0.05, 0.1) is 11.5 Å². The summed E-state index contributed by atoms with van der Waals surface area (Å²) >= 11 is 1.29. The van der Waals surface area contributed by atoms with E-state index in [1.807, 2.05) is 0 Å². The highest BCUT2D eigenvalue weighted by atomic mass is 32.2. The van der Waals surface area contributed by atoms with Crippen molar-refractivity contribution in [1.82, 2.24) is 0 Å². The zero-order valence-electron chi connectivity index (χ0n) is 8.88. The molecule has 0 atom stereocenters. The van der Waals surface area contributed by atoms with Crippen LogP contribution >= 0.6 is 11.8 Å². The fourth-order valence-corrected chi connectivity index (χ4v) is 3.23. The molecule has 1 aliphatic carbocycles. The first-order valence-corrected chi connectivity index (χ1v) is 6.34. The van der Waals surface area contributed by atoms with Gasteiger partial charge in [-0.05, 0) is 30.5 Å². The summed E-state index contributed by atoms with van der Waals surface area (Å²) in [5.41, 5.74) is 0.283. The monoisotopic (exact) mass is 244 g/mol. The molecule has 88 valence electrons. The Hall–Kier alpha value is -0.610. The Morgan fingerprint density at radius 3 is 2.25 bits per heavy atom. The number of rotatable bonds is 3. The molecule has 4 heteroatoms. The second kappa shape index (κ2) is 5.15. The molecule has 0 amide bonds. The van der Waals surface area contributed by atoms with Gasteiger partial charge in [-0.1, -0.05) is 12.8 Å². The SMILES string of the molecule is OCc1cc(F)c(SC2CCCC2)c(F)c1. The van der Waals surface area contributed by atoms with Gasteiger partial charge in [0, 0.05) is 5.25 Å². The molecule has 2 rings (SSSR count). The van der Waals surface area contributed by atoms with Crippen molar-refractivity contribution in [3.63, 3.8) is 0 Å². The van der Waals surface area contributed by atoms with Crippen LogP contribution in [0.1, 0.15) is 31.2 Å². The summed E-state index contributed by atoms with van der Waals surface area (Å²) in [6.07, 6.45) is 4.36. The molecule has 0 saturated heterocycles. The Morgan fingerprint density at radius 1 is 1.19 bits per heavy atom. The van der Waals surface area contributed by atoms with Gasteiger partial charge in [0.1, 0.15) is 11.6 Å². The predicted molar refractivity (Wildman–Crippen MR) is 60.4 cm³/mol. The smallest absolute Gasteiger partial charge is 0.140 e. The van der Waals surface area contributed by atoms with E-state index in [0.717, 1.165) is 25.7 Å². The molecular weight excluding hydrogens is 230 g/mol. The van der Waals surface area contributed by atoms with Gasteiger partial charge < -0.3 is 5.11 Å². The minimum absolute atomic E-state index is 0.101. The van der Waals surface area contributed by atoms with Crippen LogP contribution < -0.4 is 0 Å². The summed E-state index contributed by atoms with van der Waals surface area (Å²) in [6.45, 7) is -0.331. The fourth-order valence-electron chi connectivity index (χ4n) is 1.99. The van der Waals surface area contributed by atoms with Gasteiger partial charge in [0.15, 0.2) is 0 Å². The zero-order valence-corrected chi connectivity index (χ0v) is 9.70. The normalized spacial score (nSPS) is 16.9. The van der Waals surface area contributed by atoms with Crippen LogP contribution in [0, 0.1) is 11.6 Å². The maximum Gasteiger partial charge on any atom is 0.140 e. The Bertz CT molecular complexity index is 352. The van der Waals surface area contributed by atoms with Crippen molar-refractivity contribution in [2.45, 2.75) is 42.4 Å². The fraction of sp³-hybridized carbons (Fsp3) is 0.500. The zero-order chi connectivity index (χ0) is 11.5. The third-order valence-corrected chi connectivity index (χ3v) is 4.26. The number of benzene rings is 1. The van der Waals surface area contributed by atoms with E-state index >= 15 is 0 Å². The van der Waals surface area contributed by atoms with E-state index in [1.165, 1.54) is 23.9 Å². The molecular formula is C12H14F2OS. The molecule has 0 radical (unpaired) electrons. The largest absolute Gasteiger partial charge is 0.392 e. The van der Waals surface area contributed by atoms with Gasteiger partial charge in [-0.3, -0.25) is 0 Å². The van der Waals surface area contributed by atoms with Crippen molar-refractivity contribution in [2.75, 3.05) is 0 Å².